The van der Waals surface area contributed by atoms with Crippen molar-refractivity contribution in [3.05, 3.63) is 0 Å². The fourth-order valence-corrected chi connectivity index (χ4v) is 2.90. The normalized spacial score (nSPS) is 13.6. The summed E-state index contributed by atoms with van der Waals surface area (Å²) in [5, 5.41) is -2.39. The maximum atomic E-state index is 12.4. The van der Waals surface area contributed by atoms with Crippen molar-refractivity contribution in [2.45, 2.75) is 53.2 Å². The SMILES string of the molecule is CC(C)COC(=O)CC(C(=O)OCC(C)C)C(C(=O)OCC(C)C)S(=O)(=O)[O-].[Na+]. The molecule has 29 heavy (non-hydrogen) atoms. The standard InChI is InChI=1S/C18H32O9S.Na/c1-11(2)8-25-15(19)7-14(17(20)26-9-12(3)4)16(28(22,23)24)18(21)27-10-13(5)6;/h11-14,16H,7-10H2,1-6H3,(H,22,23,24);/q;+1/p-1. The monoisotopic (exact) mass is 446 g/mol. The minimum Gasteiger partial charge on any atom is -0.747 e. The Hall–Kier alpha value is -0.680. The van der Waals surface area contributed by atoms with Gasteiger partial charge in [-0.25, -0.2) is 8.42 Å². The molecule has 9 nitrogen and oxygen atoms in total. The van der Waals surface area contributed by atoms with Gasteiger partial charge in [-0.2, -0.15) is 0 Å². The van der Waals surface area contributed by atoms with Gasteiger partial charge in [-0.3, -0.25) is 14.4 Å². The third kappa shape index (κ3) is 13.3. The van der Waals surface area contributed by atoms with Gasteiger partial charge in [0, 0.05) is 0 Å². The van der Waals surface area contributed by atoms with Gasteiger partial charge in [0.1, 0.15) is 10.1 Å². The van der Waals surface area contributed by atoms with E-state index in [1.807, 2.05) is 0 Å². The van der Waals surface area contributed by atoms with Crippen molar-refractivity contribution in [2.75, 3.05) is 19.8 Å². The molecule has 0 aliphatic rings. The third-order valence-electron chi connectivity index (χ3n) is 3.29. The number of rotatable bonds is 12. The minimum absolute atomic E-state index is 0. The zero-order valence-corrected chi connectivity index (χ0v) is 21.1. The summed E-state index contributed by atoms with van der Waals surface area (Å²) in [7, 11) is -5.30. The van der Waals surface area contributed by atoms with E-state index in [9.17, 15) is 27.4 Å². The molecular weight excluding hydrogens is 415 g/mol. The summed E-state index contributed by atoms with van der Waals surface area (Å²) in [6, 6.07) is 0. The molecule has 0 aliphatic heterocycles. The van der Waals surface area contributed by atoms with Crippen LogP contribution in [0.4, 0.5) is 0 Å². The Kier molecular flexibility index (Phi) is 15.1. The van der Waals surface area contributed by atoms with Gasteiger partial charge in [0.2, 0.25) is 0 Å². The molecule has 164 valence electrons. The maximum absolute atomic E-state index is 12.4. The van der Waals surface area contributed by atoms with Crippen molar-refractivity contribution < 1.29 is 71.1 Å². The van der Waals surface area contributed by atoms with Gasteiger partial charge in [0.15, 0.2) is 5.25 Å². The van der Waals surface area contributed by atoms with E-state index in [4.69, 9.17) is 14.2 Å². The summed E-state index contributed by atoms with van der Waals surface area (Å²) in [4.78, 5) is 36.7. The predicted octanol–water partition coefficient (Wildman–Crippen LogP) is -1.49. The van der Waals surface area contributed by atoms with Crippen LogP contribution in [0.15, 0.2) is 0 Å². The molecular formula is C18H31NaO9S. The molecule has 0 N–H and O–H groups in total. The summed E-state index contributed by atoms with van der Waals surface area (Å²) in [5.41, 5.74) is 0. The van der Waals surface area contributed by atoms with Crippen LogP contribution in [0.3, 0.4) is 0 Å². The van der Waals surface area contributed by atoms with E-state index in [0.717, 1.165) is 0 Å². The van der Waals surface area contributed by atoms with Gasteiger partial charge in [0.25, 0.3) is 0 Å². The van der Waals surface area contributed by atoms with Crippen LogP contribution in [-0.4, -0.2) is 55.9 Å². The summed E-state index contributed by atoms with van der Waals surface area (Å²) >= 11 is 0. The van der Waals surface area contributed by atoms with E-state index in [1.165, 1.54) is 0 Å². The Morgan fingerprint density at radius 2 is 1.14 bits per heavy atom. The molecule has 0 bridgehead atoms. The van der Waals surface area contributed by atoms with Crippen LogP contribution in [0.5, 0.6) is 0 Å². The first-order valence-corrected chi connectivity index (χ1v) is 10.7. The van der Waals surface area contributed by atoms with Crippen LogP contribution in [0, 0.1) is 23.7 Å². The number of hydrogen-bond acceptors (Lipinski definition) is 9. The van der Waals surface area contributed by atoms with E-state index in [0.29, 0.717) is 0 Å². The van der Waals surface area contributed by atoms with Gasteiger partial charge in [-0.05, 0) is 17.8 Å². The van der Waals surface area contributed by atoms with Gasteiger partial charge < -0.3 is 18.8 Å². The largest absolute Gasteiger partial charge is 1.00 e. The second-order valence-electron chi connectivity index (χ2n) is 7.85. The number of ether oxygens (including phenoxy) is 3. The van der Waals surface area contributed by atoms with Gasteiger partial charge in [-0.1, -0.05) is 41.5 Å². The Morgan fingerprint density at radius 3 is 1.52 bits per heavy atom. The second kappa shape index (κ2) is 14.3. The van der Waals surface area contributed by atoms with Crippen molar-refractivity contribution in [2.24, 2.45) is 23.7 Å². The summed E-state index contributed by atoms with van der Waals surface area (Å²) < 4.78 is 50.0. The average molecular weight is 446 g/mol. The minimum atomic E-state index is -5.30. The van der Waals surface area contributed by atoms with Crippen LogP contribution in [0.2, 0.25) is 0 Å². The summed E-state index contributed by atoms with van der Waals surface area (Å²) in [6.07, 6.45) is -0.785. The average Bonchev–Trinajstić information content (AvgIpc) is 2.54. The Labute approximate surface area is 195 Å². The first-order chi connectivity index (χ1) is 12.8. The number of esters is 3. The maximum Gasteiger partial charge on any atom is 1.00 e. The number of carbonyl (C=O) groups is 3. The Balaban J connectivity index is 0. The van der Waals surface area contributed by atoms with E-state index >= 15 is 0 Å². The molecule has 0 radical (unpaired) electrons. The van der Waals surface area contributed by atoms with Gasteiger partial charge in [0.05, 0.1) is 32.2 Å². The first-order valence-electron chi connectivity index (χ1n) is 9.19. The number of carbonyl (C=O) groups excluding carboxylic acids is 3. The van der Waals surface area contributed by atoms with Gasteiger partial charge >= 0.3 is 47.5 Å². The molecule has 0 aromatic carbocycles. The van der Waals surface area contributed by atoms with Crippen LogP contribution < -0.4 is 29.6 Å². The van der Waals surface area contributed by atoms with Crippen LogP contribution in [-0.2, 0) is 38.7 Å². The fraction of sp³-hybridized carbons (Fsp3) is 0.833. The Bertz CT molecular complexity index is 629. The third-order valence-corrected chi connectivity index (χ3v) is 4.44. The predicted molar refractivity (Wildman–Crippen MR) is 99.0 cm³/mol. The quantitative estimate of drug-likeness (QED) is 0.152. The molecule has 0 aromatic heterocycles. The molecule has 0 fully saturated rings. The van der Waals surface area contributed by atoms with Crippen LogP contribution >= 0.6 is 0 Å². The van der Waals surface area contributed by atoms with Crippen LogP contribution in [0.25, 0.3) is 0 Å². The molecule has 0 saturated heterocycles. The molecule has 2 atom stereocenters. The van der Waals surface area contributed by atoms with E-state index in [-0.39, 0.29) is 67.1 Å². The van der Waals surface area contributed by atoms with Crippen molar-refractivity contribution in [1.82, 2.24) is 0 Å². The molecule has 0 spiro atoms. The van der Waals surface area contributed by atoms with E-state index in [1.54, 1.807) is 41.5 Å². The van der Waals surface area contributed by atoms with Crippen LogP contribution in [0.1, 0.15) is 48.0 Å². The van der Waals surface area contributed by atoms with Crippen molar-refractivity contribution in [1.29, 1.82) is 0 Å². The molecule has 0 rings (SSSR count). The van der Waals surface area contributed by atoms with Crippen molar-refractivity contribution >= 4 is 28.0 Å². The molecule has 2 unspecified atom stereocenters. The molecule has 0 aliphatic carbocycles. The first kappa shape index (κ1) is 30.5. The van der Waals surface area contributed by atoms with E-state index < -0.39 is 45.6 Å². The summed E-state index contributed by atoms with van der Waals surface area (Å²) in [5.74, 6) is -5.47. The molecule has 0 amide bonds. The van der Waals surface area contributed by atoms with Crippen molar-refractivity contribution in [3.8, 4) is 0 Å². The second-order valence-corrected chi connectivity index (χ2v) is 9.34. The summed E-state index contributed by atoms with van der Waals surface area (Å²) in [6.45, 7) is 10.3. The zero-order valence-electron chi connectivity index (χ0n) is 18.3. The molecule has 0 aromatic rings. The smallest absolute Gasteiger partial charge is 0.747 e. The Morgan fingerprint density at radius 1 is 0.759 bits per heavy atom. The number of hydrogen-bond donors (Lipinski definition) is 0. The van der Waals surface area contributed by atoms with Crippen molar-refractivity contribution in [3.63, 3.8) is 0 Å². The van der Waals surface area contributed by atoms with E-state index in [2.05, 4.69) is 0 Å². The molecule has 0 saturated carbocycles. The molecule has 0 heterocycles. The molecule has 11 heteroatoms. The van der Waals surface area contributed by atoms with Gasteiger partial charge in [-0.15, -0.1) is 0 Å². The topological polar surface area (TPSA) is 136 Å². The zero-order chi connectivity index (χ0) is 22.1. The fourth-order valence-electron chi connectivity index (χ4n) is 1.98.